The number of anilines is 1. The Labute approximate surface area is 176 Å². The van der Waals surface area contributed by atoms with Crippen LogP contribution in [0.3, 0.4) is 0 Å². The lowest BCUT2D eigenvalue weighted by Gasteiger charge is -2.22. The summed E-state index contributed by atoms with van der Waals surface area (Å²) in [5, 5.41) is 15.2. The van der Waals surface area contributed by atoms with Crippen LogP contribution in [0, 0.1) is 17.1 Å². The molecule has 2 heterocycles. The summed E-state index contributed by atoms with van der Waals surface area (Å²) in [4.78, 5) is 39.8. The number of imide groups is 1. The number of nitriles is 1. The average Bonchev–Trinajstić information content (AvgIpc) is 3.18. The van der Waals surface area contributed by atoms with Gasteiger partial charge in [-0.1, -0.05) is 12.1 Å². The maximum atomic E-state index is 13.2. The van der Waals surface area contributed by atoms with Gasteiger partial charge in [0.05, 0.1) is 5.56 Å². The number of aryl methyl sites for hydroxylation is 1. The van der Waals surface area contributed by atoms with Crippen LogP contribution in [0.5, 0.6) is 0 Å². The number of fused-ring (bicyclic) bond motifs is 1. The average molecular weight is 426 g/mol. The Morgan fingerprint density at radius 1 is 1.30 bits per heavy atom. The van der Waals surface area contributed by atoms with E-state index in [1.165, 1.54) is 42.5 Å². The van der Waals surface area contributed by atoms with Gasteiger partial charge < -0.3 is 10.6 Å². The summed E-state index contributed by atoms with van der Waals surface area (Å²) in [5.74, 6) is -1.61. The first-order valence-electron chi connectivity index (χ1n) is 9.58. The molecule has 1 aliphatic carbocycles. The van der Waals surface area contributed by atoms with Gasteiger partial charge in [0.15, 0.2) is 0 Å². The van der Waals surface area contributed by atoms with Crippen molar-refractivity contribution < 1.29 is 18.8 Å². The molecule has 1 aliphatic heterocycles. The summed E-state index contributed by atoms with van der Waals surface area (Å²) in [6.07, 6.45) is 3.76. The van der Waals surface area contributed by atoms with Crippen molar-refractivity contribution in [3.05, 3.63) is 51.7 Å². The van der Waals surface area contributed by atoms with E-state index in [0.717, 1.165) is 41.0 Å². The van der Waals surface area contributed by atoms with Crippen LogP contribution in [0.2, 0.25) is 0 Å². The van der Waals surface area contributed by atoms with E-state index in [9.17, 15) is 24.0 Å². The third kappa shape index (κ3) is 3.33. The lowest BCUT2D eigenvalue weighted by atomic mass is 9.92. The van der Waals surface area contributed by atoms with Crippen LogP contribution in [0.1, 0.15) is 41.3 Å². The van der Waals surface area contributed by atoms with Crippen LogP contribution in [0.4, 0.5) is 14.2 Å². The molecule has 2 aliphatic rings. The lowest BCUT2D eigenvalue weighted by molar-refractivity contribution is -0.133. The number of hydrogen-bond donors (Lipinski definition) is 2. The molecule has 7 nitrogen and oxygen atoms in total. The van der Waals surface area contributed by atoms with Gasteiger partial charge in [-0.15, -0.1) is 11.3 Å². The molecule has 2 aromatic rings. The van der Waals surface area contributed by atoms with Crippen molar-refractivity contribution in [2.45, 2.75) is 38.1 Å². The van der Waals surface area contributed by atoms with Crippen molar-refractivity contribution in [1.29, 1.82) is 5.26 Å². The van der Waals surface area contributed by atoms with Gasteiger partial charge in [0.1, 0.15) is 29.0 Å². The number of thiophene rings is 1. The number of benzene rings is 1. The fourth-order valence-corrected chi connectivity index (χ4v) is 5.16. The SMILES string of the molecule is CC1(c2ccc(F)cc2)NC(=O)N(CC(=O)Nc2sc3c(c2C#N)CCCC3)C1=O. The molecule has 1 aromatic heterocycles. The summed E-state index contributed by atoms with van der Waals surface area (Å²) in [6, 6.07) is 6.72. The Kier molecular flexibility index (Phi) is 5.03. The highest BCUT2D eigenvalue weighted by Gasteiger charge is 2.49. The van der Waals surface area contributed by atoms with Gasteiger partial charge >= 0.3 is 6.03 Å². The molecule has 4 amide bonds. The normalized spacial score (nSPS) is 20.5. The fraction of sp³-hybridized carbons (Fsp3) is 0.333. The predicted molar refractivity (Wildman–Crippen MR) is 108 cm³/mol. The Balaban J connectivity index is 1.51. The van der Waals surface area contributed by atoms with Gasteiger partial charge in [0.25, 0.3) is 5.91 Å². The first-order chi connectivity index (χ1) is 14.3. The molecule has 4 rings (SSSR count). The molecule has 1 aromatic carbocycles. The number of carbonyl (C=O) groups is 3. The first-order valence-corrected chi connectivity index (χ1v) is 10.4. The highest BCUT2D eigenvalue weighted by Crippen LogP contribution is 2.37. The van der Waals surface area contributed by atoms with Gasteiger partial charge in [-0.2, -0.15) is 5.26 Å². The standard InChI is InChI=1S/C21H19FN4O3S/c1-21(12-6-8-13(22)9-7-12)19(28)26(20(29)25-21)11-17(27)24-18-15(10-23)14-4-2-3-5-16(14)30-18/h6-9H,2-5,11H2,1H3,(H,24,27)(H,25,29). The van der Waals surface area contributed by atoms with E-state index < -0.39 is 35.7 Å². The first kappa shape index (κ1) is 20.0. The summed E-state index contributed by atoms with van der Waals surface area (Å²) in [5.41, 5.74) is 0.493. The highest BCUT2D eigenvalue weighted by molar-refractivity contribution is 7.16. The summed E-state index contributed by atoms with van der Waals surface area (Å²) < 4.78 is 13.2. The molecule has 0 spiro atoms. The molecule has 0 radical (unpaired) electrons. The van der Waals surface area contributed by atoms with E-state index in [-0.39, 0.29) is 0 Å². The Morgan fingerprint density at radius 3 is 2.70 bits per heavy atom. The Bertz CT molecular complexity index is 1090. The van der Waals surface area contributed by atoms with Gasteiger partial charge in [-0.3, -0.25) is 14.5 Å². The van der Waals surface area contributed by atoms with Crippen molar-refractivity contribution in [2.75, 3.05) is 11.9 Å². The zero-order chi connectivity index (χ0) is 21.5. The lowest BCUT2D eigenvalue weighted by Crippen LogP contribution is -2.42. The summed E-state index contributed by atoms with van der Waals surface area (Å²) in [7, 11) is 0. The second kappa shape index (κ2) is 7.54. The largest absolute Gasteiger partial charge is 0.325 e. The molecule has 1 fully saturated rings. The van der Waals surface area contributed by atoms with Crippen LogP contribution in [0.25, 0.3) is 0 Å². The van der Waals surface area contributed by atoms with Gasteiger partial charge in [-0.05, 0) is 55.9 Å². The topological polar surface area (TPSA) is 102 Å². The van der Waals surface area contributed by atoms with Gasteiger partial charge in [-0.25, -0.2) is 9.18 Å². The molecule has 2 N–H and O–H groups in total. The van der Waals surface area contributed by atoms with Crippen molar-refractivity contribution in [3.8, 4) is 6.07 Å². The third-order valence-electron chi connectivity index (χ3n) is 5.53. The van der Waals surface area contributed by atoms with Crippen LogP contribution in [-0.2, 0) is 28.0 Å². The molecule has 0 bridgehead atoms. The van der Waals surface area contributed by atoms with Crippen molar-refractivity contribution >= 4 is 34.2 Å². The van der Waals surface area contributed by atoms with Crippen molar-refractivity contribution in [3.63, 3.8) is 0 Å². The molecule has 1 unspecified atom stereocenters. The molecule has 154 valence electrons. The van der Waals surface area contributed by atoms with E-state index in [0.29, 0.717) is 16.1 Å². The maximum Gasteiger partial charge on any atom is 0.325 e. The zero-order valence-corrected chi connectivity index (χ0v) is 17.1. The number of rotatable bonds is 4. The minimum atomic E-state index is -1.38. The summed E-state index contributed by atoms with van der Waals surface area (Å²) >= 11 is 1.38. The number of nitrogens with one attached hydrogen (secondary N) is 2. The fourth-order valence-electron chi connectivity index (χ4n) is 3.90. The van der Waals surface area contributed by atoms with E-state index in [4.69, 9.17) is 0 Å². The number of halogens is 1. The molecule has 9 heteroatoms. The van der Waals surface area contributed by atoms with E-state index in [1.807, 2.05) is 0 Å². The van der Waals surface area contributed by atoms with Crippen LogP contribution in [0.15, 0.2) is 24.3 Å². The Hall–Kier alpha value is -3.25. The van der Waals surface area contributed by atoms with E-state index >= 15 is 0 Å². The van der Waals surface area contributed by atoms with Crippen molar-refractivity contribution in [1.82, 2.24) is 10.2 Å². The van der Waals surface area contributed by atoms with Gasteiger partial charge in [0, 0.05) is 4.88 Å². The quantitative estimate of drug-likeness (QED) is 0.734. The van der Waals surface area contributed by atoms with E-state index in [1.54, 1.807) is 0 Å². The molecule has 0 saturated carbocycles. The highest BCUT2D eigenvalue weighted by atomic mass is 32.1. The van der Waals surface area contributed by atoms with E-state index in [2.05, 4.69) is 16.7 Å². The molecule has 1 saturated heterocycles. The number of amides is 4. The second-order valence-electron chi connectivity index (χ2n) is 7.53. The number of carbonyl (C=O) groups excluding carboxylic acids is 3. The second-order valence-corrected chi connectivity index (χ2v) is 8.63. The molecular weight excluding hydrogens is 407 g/mol. The van der Waals surface area contributed by atoms with Crippen LogP contribution < -0.4 is 10.6 Å². The van der Waals surface area contributed by atoms with Crippen molar-refractivity contribution in [2.24, 2.45) is 0 Å². The smallest absolute Gasteiger partial charge is 0.319 e. The third-order valence-corrected chi connectivity index (χ3v) is 6.74. The number of urea groups is 1. The minimum Gasteiger partial charge on any atom is -0.319 e. The van der Waals surface area contributed by atoms with Crippen LogP contribution in [-0.4, -0.2) is 29.3 Å². The van der Waals surface area contributed by atoms with Crippen LogP contribution >= 0.6 is 11.3 Å². The monoisotopic (exact) mass is 426 g/mol. The maximum absolute atomic E-state index is 13.2. The Morgan fingerprint density at radius 2 is 2.00 bits per heavy atom. The zero-order valence-electron chi connectivity index (χ0n) is 16.3. The molecular formula is C21H19FN4O3S. The predicted octanol–water partition coefficient (Wildman–Crippen LogP) is 3.04. The number of nitrogens with zero attached hydrogens (tertiary/aromatic N) is 2. The van der Waals surface area contributed by atoms with Gasteiger partial charge in [0.2, 0.25) is 5.91 Å². The summed E-state index contributed by atoms with van der Waals surface area (Å²) in [6.45, 7) is 1.04. The molecule has 30 heavy (non-hydrogen) atoms. The number of hydrogen-bond acceptors (Lipinski definition) is 5. The minimum absolute atomic E-state index is 0.419. The molecule has 1 atom stereocenters.